The predicted molar refractivity (Wildman–Crippen MR) is 93.7 cm³/mol. The van der Waals surface area contributed by atoms with Crippen molar-refractivity contribution < 1.29 is 4.79 Å². The van der Waals surface area contributed by atoms with E-state index in [1.165, 1.54) is 0 Å². The van der Waals surface area contributed by atoms with Crippen molar-refractivity contribution >= 4 is 29.0 Å². The molecule has 1 heterocycles. The lowest BCUT2D eigenvalue weighted by Crippen LogP contribution is -2.13. The Kier molecular flexibility index (Phi) is 5.66. The van der Waals surface area contributed by atoms with Crippen molar-refractivity contribution in [3.8, 4) is 6.07 Å². The molecule has 0 bridgehead atoms. The number of nitrogens with two attached hydrogens (primary N) is 1. The number of azo groups is 1. The molecule has 0 aliphatic heterocycles. The third-order valence-corrected chi connectivity index (χ3v) is 4.32. The second-order valence-electron chi connectivity index (χ2n) is 5.25. The van der Waals surface area contributed by atoms with Crippen molar-refractivity contribution in [1.82, 2.24) is 4.98 Å². The van der Waals surface area contributed by atoms with Crippen LogP contribution in [0.1, 0.15) is 22.4 Å². The van der Waals surface area contributed by atoms with Crippen LogP contribution in [-0.4, -0.2) is 16.6 Å². The second-order valence-corrected chi connectivity index (χ2v) is 6.22. The summed E-state index contributed by atoms with van der Waals surface area (Å²) in [5.74, 6) is -0.380. The molecular formula is C17H17N5OS. The second kappa shape index (κ2) is 7.70. The van der Waals surface area contributed by atoms with Crippen molar-refractivity contribution in [3.63, 3.8) is 0 Å². The number of aryl methyl sites for hydroxylation is 2. The fourth-order valence-electron chi connectivity index (χ4n) is 2.05. The fourth-order valence-corrected chi connectivity index (χ4v) is 2.88. The number of carbonyl (C=O) groups is 1. The SMILES string of the molecule is Cc1ccc(N=Nc2c(C)nc(SCC(N)=O)c(C#N)c2C)cc1. The van der Waals surface area contributed by atoms with Gasteiger partial charge in [-0.05, 0) is 38.5 Å². The van der Waals surface area contributed by atoms with Gasteiger partial charge in [0.25, 0.3) is 0 Å². The summed E-state index contributed by atoms with van der Waals surface area (Å²) < 4.78 is 0. The number of nitriles is 1. The van der Waals surface area contributed by atoms with Crippen LogP contribution in [0.4, 0.5) is 11.4 Å². The lowest BCUT2D eigenvalue weighted by molar-refractivity contribution is -0.115. The molecule has 2 aromatic rings. The van der Waals surface area contributed by atoms with Crippen molar-refractivity contribution in [2.45, 2.75) is 25.8 Å². The summed E-state index contributed by atoms with van der Waals surface area (Å²) in [4.78, 5) is 15.3. The Morgan fingerprint density at radius 3 is 2.50 bits per heavy atom. The zero-order chi connectivity index (χ0) is 17.7. The zero-order valence-electron chi connectivity index (χ0n) is 13.7. The Bertz CT molecular complexity index is 838. The predicted octanol–water partition coefficient (Wildman–Crippen LogP) is 3.87. The lowest BCUT2D eigenvalue weighted by atomic mass is 10.1. The van der Waals surface area contributed by atoms with Gasteiger partial charge in [0, 0.05) is 0 Å². The number of hydrogen-bond acceptors (Lipinski definition) is 6. The van der Waals surface area contributed by atoms with E-state index in [0.717, 1.165) is 23.0 Å². The van der Waals surface area contributed by atoms with Crippen LogP contribution in [0.25, 0.3) is 0 Å². The number of thioether (sulfide) groups is 1. The summed E-state index contributed by atoms with van der Waals surface area (Å²) in [6.45, 7) is 5.60. The van der Waals surface area contributed by atoms with Crippen molar-refractivity contribution in [2.24, 2.45) is 16.0 Å². The first-order valence-corrected chi connectivity index (χ1v) is 8.21. The van der Waals surface area contributed by atoms with Gasteiger partial charge in [-0.15, -0.1) is 5.11 Å². The maximum Gasteiger partial charge on any atom is 0.227 e. The molecule has 0 fully saturated rings. The summed E-state index contributed by atoms with van der Waals surface area (Å²) >= 11 is 1.15. The van der Waals surface area contributed by atoms with Gasteiger partial charge in [-0.2, -0.15) is 10.4 Å². The monoisotopic (exact) mass is 339 g/mol. The van der Waals surface area contributed by atoms with Crippen LogP contribution in [0.2, 0.25) is 0 Å². The number of benzene rings is 1. The quantitative estimate of drug-likeness (QED) is 0.659. The summed E-state index contributed by atoms with van der Waals surface area (Å²) in [6, 6.07) is 9.78. The molecule has 122 valence electrons. The Balaban J connectivity index is 2.39. The maximum atomic E-state index is 10.9. The average Bonchev–Trinajstić information content (AvgIpc) is 2.54. The van der Waals surface area contributed by atoms with Crippen molar-refractivity contribution in [1.29, 1.82) is 5.26 Å². The van der Waals surface area contributed by atoms with Crippen molar-refractivity contribution in [3.05, 3.63) is 46.6 Å². The van der Waals surface area contributed by atoms with Gasteiger partial charge in [-0.3, -0.25) is 4.79 Å². The molecule has 6 nitrogen and oxygen atoms in total. The third-order valence-electron chi connectivity index (χ3n) is 3.32. The summed E-state index contributed by atoms with van der Waals surface area (Å²) in [5.41, 5.74) is 9.32. The van der Waals surface area contributed by atoms with Gasteiger partial charge >= 0.3 is 0 Å². The van der Waals surface area contributed by atoms with E-state index in [0.29, 0.717) is 27.5 Å². The molecule has 1 amide bonds. The van der Waals surface area contributed by atoms with Crippen LogP contribution < -0.4 is 5.73 Å². The number of rotatable bonds is 5. The molecule has 0 unspecified atom stereocenters. The van der Waals surface area contributed by atoms with Crippen molar-refractivity contribution in [2.75, 3.05) is 5.75 Å². The van der Waals surface area contributed by atoms with E-state index in [2.05, 4.69) is 21.3 Å². The zero-order valence-corrected chi connectivity index (χ0v) is 14.5. The Morgan fingerprint density at radius 2 is 1.92 bits per heavy atom. The first-order valence-electron chi connectivity index (χ1n) is 7.23. The lowest BCUT2D eigenvalue weighted by Gasteiger charge is -2.09. The molecule has 0 aliphatic carbocycles. The molecule has 0 saturated heterocycles. The van der Waals surface area contributed by atoms with E-state index in [1.807, 2.05) is 31.2 Å². The minimum atomic E-state index is -0.455. The largest absolute Gasteiger partial charge is 0.369 e. The topological polar surface area (TPSA) is 104 Å². The molecular weight excluding hydrogens is 322 g/mol. The maximum absolute atomic E-state index is 10.9. The number of hydrogen-bond donors (Lipinski definition) is 1. The van der Waals surface area contributed by atoms with Gasteiger partial charge < -0.3 is 5.73 Å². The van der Waals surface area contributed by atoms with Crippen LogP contribution in [0.3, 0.4) is 0 Å². The summed E-state index contributed by atoms with van der Waals surface area (Å²) in [6.07, 6.45) is 0. The van der Waals surface area contributed by atoms with E-state index < -0.39 is 5.91 Å². The number of aromatic nitrogens is 1. The average molecular weight is 339 g/mol. The fraction of sp³-hybridized carbons (Fsp3) is 0.235. The first-order chi connectivity index (χ1) is 11.4. The highest BCUT2D eigenvalue weighted by Crippen LogP contribution is 2.32. The highest BCUT2D eigenvalue weighted by molar-refractivity contribution is 8.00. The molecule has 0 radical (unpaired) electrons. The van der Waals surface area contributed by atoms with Crippen LogP contribution in [0.5, 0.6) is 0 Å². The van der Waals surface area contributed by atoms with E-state index >= 15 is 0 Å². The first kappa shape index (κ1) is 17.6. The van der Waals surface area contributed by atoms with E-state index in [4.69, 9.17) is 5.73 Å². The highest BCUT2D eigenvalue weighted by Gasteiger charge is 2.16. The van der Waals surface area contributed by atoms with E-state index in [9.17, 15) is 10.1 Å². The smallest absolute Gasteiger partial charge is 0.227 e. The molecule has 0 aliphatic rings. The summed E-state index contributed by atoms with van der Waals surface area (Å²) in [7, 11) is 0. The van der Waals surface area contributed by atoms with E-state index in [1.54, 1.807) is 13.8 Å². The number of pyridine rings is 1. The molecule has 2 rings (SSSR count). The standard InChI is InChI=1S/C17H17N5OS/c1-10-4-6-13(7-5-10)21-22-16-11(2)14(8-18)17(20-12(16)3)24-9-15(19)23/h4-7H,9H2,1-3H3,(H2,19,23). The van der Waals surface area contributed by atoms with Gasteiger partial charge in [0.2, 0.25) is 5.91 Å². The summed E-state index contributed by atoms with van der Waals surface area (Å²) in [5, 5.41) is 18.4. The molecule has 1 aromatic heterocycles. The van der Waals surface area contributed by atoms with Gasteiger partial charge in [0.05, 0.1) is 22.7 Å². The normalized spacial score (nSPS) is 10.8. The minimum Gasteiger partial charge on any atom is -0.369 e. The molecule has 0 saturated carbocycles. The van der Waals surface area contributed by atoms with Crippen LogP contribution in [0, 0.1) is 32.1 Å². The molecule has 0 atom stereocenters. The number of primary amides is 1. The van der Waals surface area contributed by atoms with Gasteiger partial charge in [-0.1, -0.05) is 29.5 Å². The van der Waals surface area contributed by atoms with Gasteiger partial charge in [-0.25, -0.2) is 4.98 Å². The highest BCUT2D eigenvalue weighted by atomic mass is 32.2. The van der Waals surface area contributed by atoms with Gasteiger partial charge in [0.1, 0.15) is 16.8 Å². The van der Waals surface area contributed by atoms with Gasteiger partial charge in [0.15, 0.2) is 0 Å². The number of carbonyl (C=O) groups excluding carboxylic acids is 1. The van der Waals surface area contributed by atoms with E-state index in [-0.39, 0.29) is 5.75 Å². The van der Waals surface area contributed by atoms with Crippen LogP contribution in [-0.2, 0) is 4.79 Å². The number of nitrogens with zero attached hydrogens (tertiary/aromatic N) is 4. The molecule has 1 aromatic carbocycles. The molecule has 2 N–H and O–H groups in total. The number of amides is 1. The Labute approximate surface area is 144 Å². The van der Waals surface area contributed by atoms with Crippen LogP contribution in [0.15, 0.2) is 39.5 Å². The minimum absolute atomic E-state index is 0.0742. The third kappa shape index (κ3) is 4.18. The molecule has 0 spiro atoms. The molecule has 24 heavy (non-hydrogen) atoms. The Hall–Kier alpha value is -2.72. The van der Waals surface area contributed by atoms with Crippen LogP contribution >= 0.6 is 11.8 Å². The molecule has 7 heteroatoms. The Morgan fingerprint density at radius 1 is 1.25 bits per heavy atom.